The summed E-state index contributed by atoms with van der Waals surface area (Å²) in [7, 11) is 0. The van der Waals surface area contributed by atoms with Crippen molar-refractivity contribution in [3.05, 3.63) is 136 Å². The van der Waals surface area contributed by atoms with Gasteiger partial charge in [0.2, 0.25) is 0 Å². The normalized spacial score (nSPS) is 10.6. The van der Waals surface area contributed by atoms with Gasteiger partial charge in [-0.1, -0.05) is 96.5 Å². The fourth-order valence-corrected chi connectivity index (χ4v) is 3.69. The van der Waals surface area contributed by atoms with Gasteiger partial charge in [-0.15, -0.1) is 0 Å². The number of carbonyl (C=O) groups excluding carboxylic acids is 2. The zero-order valence-corrected chi connectivity index (χ0v) is 19.7. The molecule has 0 unspecified atom stereocenters. The highest BCUT2D eigenvalue weighted by molar-refractivity contribution is 6.30. The number of rotatable bonds is 9. The highest BCUT2D eigenvalue weighted by Crippen LogP contribution is 2.23. The molecule has 0 heterocycles. The van der Waals surface area contributed by atoms with Crippen molar-refractivity contribution in [1.29, 1.82) is 0 Å². The van der Waals surface area contributed by atoms with Gasteiger partial charge in [0.25, 0.3) is 5.91 Å². The van der Waals surface area contributed by atoms with Crippen molar-refractivity contribution in [2.45, 2.75) is 12.6 Å². The third-order valence-electron chi connectivity index (χ3n) is 5.32. The molecule has 4 aromatic rings. The first-order chi connectivity index (χ1) is 17.1. The molecular weight excluding hydrogens is 462 g/mol. The van der Waals surface area contributed by atoms with E-state index in [0.29, 0.717) is 10.8 Å². The number of para-hydroxylation sites is 1. The lowest BCUT2D eigenvalue weighted by Gasteiger charge is -2.20. The number of halogens is 1. The number of ether oxygens (including phenoxy) is 2. The Kier molecular flexibility index (Phi) is 8.15. The van der Waals surface area contributed by atoms with Crippen LogP contribution in [0.15, 0.2) is 109 Å². The zero-order chi connectivity index (χ0) is 24.5. The molecule has 4 aromatic carbocycles. The monoisotopic (exact) mass is 485 g/mol. The van der Waals surface area contributed by atoms with E-state index >= 15 is 0 Å². The van der Waals surface area contributed by atoms with Gasteiger partial charge in [-0.05, 0) is 41.0 Å². The van der Waals surface area contributed by atoms with Gasteiger partial charge in [-0.3, -0.25) is 4.79 Å². The third kappa shape index (κ3) is 6.71. The van der Waals surface area contributed by atoms with Gasteiger partial charge in [0, 0.05) is 5.02 Å². The van der Waals surface area contributed by atoms with Crippen molar-refractivity contribution in [2.75, 3.05) is 6.61 Å². The molecule has 0 radical (unpaired) electrons. The Hall–Kier alpha value is -4.09. The Labute approximate surface area is 209 Å². The first-order valence-electron chi connectivity index (χ1n) is 11.1. The van der Waals surface area contributed by atoms with Crippen LogP contribution in [0.5, 0.6) is 5.75 Å². The average molecular weight is 486 g/mol. The van der Waals surface area contributed by atoms with Crippen molar-refractivity contribution in [2.24, 2.45) is 0 Å². The maximum Gasteiger partial charge on any atom is 0.342 e. The topological polar surface area (TPSA) is 64.6 Å². The Morgan fingerprint density at radius 3 is 1.94 bits per heavy atom. The molecular formula is C29H24ClNO4. The number of benzene rings is 4. The number of hydrogen-bond donors (Lipinski definition) is 1. The van der Waals surface area contributed by atoms with Crippen molar-refractivity contribution in [3.8, 4) is 5.75 Å². The van der Waals surface area contributed by atoms with E-state index in [9.17, 15) is 9.59 Å². The second kappa shape index (κ2) is 11.9. The minimum atomic E-state index is -0.636. The van der Waals surface area contributed by atoms with E-state index in [1.54, 1.807) is 36.4 Å². The van der Waals surface area contributed by atoms with E-state index in [-0.39, 0.29) is 18.2 Å². The summed E-state index contributed by atoms with van der Waals surface area (Å²) in [5.74, 6) is -0.669. The highest BCUT2D eigenvalue weighted by Gasteiger charge is 2.19. The Morgan fingerprint density at radius 2 is 1.31 bits per heavy atom. The first kappa shape index (κ1) is 24.0. The molecule has 0 saturated heterocycles. The van der Waals surface area contributed by atoms with E-state index in [4.69, 9.17) is 21.1 Å². The summed E-state index contributed by atoms with van der Waals surface area (Å²) in [6.07, 6.45) is 0. The Morgan fingerprint density at radius 1 is 0.743 bits per heavy atom. The summed E-state index contributed by atoms with van der Waals surface area (Å²) < 4.78 is 11.1. The van der Waals surface area contributed by atoms with Gasteiger partial charge in [0.05, 0.1) is 6.04 Å². The molecule has 0 fully saturated rings. The number of nitrogens with one attached hydrogen (secondary N) is 1. The lowest BCUT2D eigenvalue weighted by molar-refractivity contribution is -0.124. The number of esters is 1. The molecule has 5 nitrogen and oxygen atoms in total. The van der Waals surface area contributed by atoms with Crippen LogP contribution >= 0.6 is 11.6 Å². The minimum Gasteiger partial charge on any atom is -0.488 e. The molecule has 0 aliphatic rings. The zero-order valence-electron chi connectivity index (χ0n) is 18.9. The molecule has 176 valence electrons. The summed E-state index contributed by atoms with van der Waals surface area (Å²) >= 11 is 5.92. The number of carbonyl (C=O) groups is 2. The quantitative estimate of drug-likeness (QED) is 0.296. The van der Waals surface area contributed by atoms with Crippen LogP contribution in [0.2, 0.25) is 5.02 Å². The standard InChI is InChI=1S/C29H24ClNO4/c30-24-17-15-21(16-18-24)19-34-26-14-8-7-13-25(26)29(33)35-20-27(32)31-28(22-9-3-1-4-10-22)23-11-5-2-6-12-23/h1-18,28H,19-20H2,(H,31,32). The van der Waals surface area contributed by atoms with Gasteiger partial charge in [0.15, 0.2) is 6.61 Å². The SMILES string of the molecule is O=C(COC(=O)c1ccccc1OCc1ccc(Cl)cc1)NC(c1ccccc1)c1ccccc1. The van der Waals surface area contributed by atoms with Gasteiger partial charge in [0.1, 0.15) is 17.9 Å². The third-order valence-corrected chi connectivity index (χ3v) is 5.57. The maximum absolute atomic E-state index is 12.8. The smallest absolute Gasteiger partial charge is 0.342 e. The lowest BCUT2D eigenvalue weighted by Crippen LogP contribution is -2.33. The summed E-state index contributed by atoms with van der Waals surface area (Å²) in [5, 5.41) is 3.60. The molecule has 0 aromatic heterocycles. The van der Waals surface area contributed by atoms with E-state index in [1.165, 1.54) is 0 Å². The van der Waals surface area contributed by atoms with Crippen LogP contribution in [-0.4, -0.2) is 18.5 Å². The van der Waals surface area contributed by atoms with Crippen molar-refractivity contribution in [3.63, 3.8) is 0 Å². The van der Waals surface area contributed by atoms with Crippen LogP contribution in [-0.2, 0) is 16.1 Å². The molecule has 0 atom stereocenters. The van der Waals surface area contributed by atoms with Crippen molar-refractivity contribution >= 4 is 23.5 Å². The molecule has 0 saturated carbocycles. The molecule has 0 aliphatic heterocycles. The van der Waals surface area contributed by atoms with Gasteiger partial charge >= 0.3 is 5.97 Å². The van der Waals surface area contributed by atoms with Crippen LogP contribution in [0.25, 0.3) is 0 Å². The molecule has 1 amide bonds. The van der Waals surface area contributed by atoms with Crippen molar-refractivity contribution < 1.29 is 19.1 Å². The summed E-state index contributed by atoms with van der Waals surface area (Å²) in [6, 6.07) is 32.9. The molecule has 0 spiro atoms. The maximum atomic E-state index is 12.8. The fourth-order valence-electron chi connectivity index (χ4n) is 3.56. The van der Waals surface area contributed by atoms with Crippen LogP contribution in [0.3, 0.4) is 0 Å². The molecule has 0 bridgehead atoms. The summed E-state index contributed by atoms with van der Waals surface area (Å²) in [6.45, 7) is -0.154. The minimum absolute atomic E-state index is 0.247. The lowest BCUT2D eigenvalue weighted by atomic mass is 9.99. The van der Waals surface area contributed by atoms with Crippen LogP contribution in [0.4, 0.5) is 0 Å². The Bertz CT molecular complexity index is 1220. The van der Waals surface area contributed by atoms with Gasteiger partial charge in [-0.2, -0.15) is 0 Å². The van der Waals surface area contributed by atoms with E-state index in [1.807, 2.05) is 72.8 Å². The second-order valence-corrected chi connectivity index (χ2v) is 8.25. The molecule has 4 rings (SSSR count). The number of amides is 1. The van der Waals surface area contributed by atoms with Crippen LogP contribution in [0.1, 0.15) is 33.1 Å². The highest BCUT2D eigenvalue weighted by atomic mass is 35.5. The molecule has 1 N–H and O–H groups in total. The van der Waals surface area contributed by atoms with E-state index in [2.05, 4.69) is 5.32 Å². The van der Waals surface area contributed by atoms with Gasteiger partial charge < -0.3 is 14.8 Å². The van der Waals surface area contributed by atoms with E-state index < -0.39 is 18.5 Å². The summed E-state index contributed by atoms with van der Waals surface area (Å²) in [5.41, 5.74) is 3.01. The summed E-state index contributed by atoms with van der Waals surface area (Å²) in [4.78, 5) is 25.5. The predicted molar refractivity (Wildman–Crippen MR) is 135 cm³/mol. The molecule has 35 heavy (non-hydrogen) atoms. The molecule has 0 aliphatic carbocycles. The Balaban J connectivity index is 1.39. The van der Waals surface area contributed by atoms with Crippen LogP contribution < -0.4 is 10.1 Å². The van der Waals surface area contributed by atoms with E-state index in [0.717, 1.165) is 16.7 Å². The largest absolute Gasteiger partial charge is 0.488 e. The predicted octanol–water partition coefficient (Wildman–Crippen LogP) is 5.98. The fraction of sp³-hybridized carbons (Fsp3) is 0.103. The molecule has 6 heteroatoms. The number of hydrogen-bond acceptors (Lipinski definition) is 4. The first-order valence-corrected chi connectivity index (χ1v) is 11.5. The second-order valence-electron chi connectivity index (χ2n) is 7.81. The van der Waals surface area contributed by atoms with Crippen molar-refractivity contribution in [1.82, 2.24) is 5.32 Å². The average Bonchev–Trinajstić information content (AvgIpc) is 2.91. The van der Waals surface area contributed by atoms with Gasteiger partial charge in [-0.25, -0.2) is 4.79 Å². The van der Waals surface area contributed by atoms with Crippen LogP contribution in [0, 0.1) is 0 Å².